The number of carbonyl (C=O) groups is 2. The van der Waals surface area contributed by atoms with Crippen LogP contribution in [0.2, 0.25) is 0 Å². The van der Waals surface area contributed by atoms with Crippen molar-refractivity contribution in [1.82, 2.24) is 14.8 Å². The number of rotatable bonds is 4. The summed E-state index contributed by atoms with van der Waals surface area (Å²) in [6, 6.07) is 15.6. The minimum absolute atomic E-state index is 0.123. The first-order chi connectivity index (χ1) is 15.5. The van der Waals surface area contributed by atoms with Crippen LogP contribution in [0.1, 0.15) is 23.2 Å². The number of hydrogen-bond donors (Lipinski definition) is 1. The van der Waals surface area contributed by atoms with Gasteiger partial charge in [-0.1, -0.05) is 24.3 Å². The molecule has 7 nitrogen and oxygen atoms in total. The molecule has 164 valence electrons. The molecular formula is C25H25N3O4. The molecular weight excluding hydrogens is 406 g/mol. The van der Waals surface area contributed by atoms with E-state index in [1.165, 1.54) is 0 Å². The second-order valence-electron chi connectivity index (χ2n) is 8.45. The molecule has 2 heterocycles. The summed E-state index contributed by atoms with van der Waals surface area (Å²) in [6.45, 7) is 1.71. The molecule has 0 unspecified atom stereocenters. The number of nitrogens with zero attached hydrogens (tertiary/aromatic N) is 3. The molecule has 2 fully saturated rings. The van der Waals surface area contributed by atoms with E-state index >= 15 is 0 Å². The third kappa shape index (κ3) is 3.69. The van der Waals surface area contributed by atoms with Crippen LogP contribution in [0.25, 0.3) is 22.0 Å². The number of para-hydroxylation sites is 1. The first-order valence-corrected chi connectivity index (χ1v) is 10.8. The zero-order valence-electron chi connectivity index (χ0n) is 18.0. The summed E-state index contributed by atoms with van der Waals surface area (Å²) in [4.78, 5) is 33.4. The highest BCUT2D eigenvalue weighted by atomic mass is 16.5. The molecule has 0 atom stereocenters. The van der Waals surface area contributed by atoms with E-state index in [9.17, 15) is 14.7 Å². The molecule has 1 aliphatic carbocycles. The number of methoxy groups -OCH3 is 1. The highest BCUT2D eigenvalue weighted by Gasteiger charge is 2.50. The molecule has 0 radical (unpaired) electrons. The van der Waals surface area contributed by atoms with Crippen LogP contribution in [-0.4, -0.2) is 70.6 Å². The van der Waals surface area contributed by atoms with Crippen molar-refractivity contribution in [3.05, 3.63) is 60.3 Å². The number of ether oxygens (including phenoxy) is 1. The molecule has 2 aromatic carbocycles. The minimum atomic E-state index is -1.16. The van der Waals surface area contributed by atoms with Gasteiger partial charge in [-0.25, -0.2) is 0 Å². The maximum Gasteiger partial charge on any atom is 0.257 e. The van der Waals surface area contributed by atoms with E-state index in [-0.39, 0.29) is 11.8 Å². The van der Waals surface area contributed by atoms with Gasteiger partial charge in [0.05, 0.1) is 18.2 Å². The Morgan fingerprint density at radius 1 is 0.969 bits per heavy atom. The van der Waals surface area contributed by atoms with Gasteiger partial charge in [0.25, 0.3) is 11.8 Å². The Hall–Kier alpha value is -3.45. The predicted octanol–water partition coefficient (Wildman–Crippen LogP) is 2.72. The van der Waals surface area contributed by atoms with Crippen LogP contribution in [0, 0.1) is 0 Å². The van der Waals surface area contributed by atoms with Gasteiger partial charge >= 0.3 is 0 Å². The van der Waals surface area contributed by atoms with E-state index in [4.69, 9.17) is 4.74 Å². The van der Waals surface area contributed by atoms with Crippen molar-refractivity contribution in [1.29, 1.82) is 0 Å². The average molecular weight is 431 g/mol. The maximum atomic E-state index is 13.2. The van der Waals surface area contributed by atoms with Crippen LogP contribution in [0.3, 0.4) is 0 Å². The molecule has 1 N–H and O–H groups in total. The number of pyridine rings is 1. The van der Waals surface area contributed by atoms with Gasteiger partial charge in [-0.15, -0.1) is 0 Å². The lowest BCUT2D eigenvalue weighted by Gasteiger charge is -2.36. The van der Waals surface area contributed by atoms with Gasteiger partial charge in [0, 0.05) is 43.3 Å². The largest absolute Gasteiger partial charge is 0.496 e. The SMILES string of the molecule is COc1cc(-c2cnc3ccccc3c2)ccc1C(=O)N1CCN(C(=O)C2(O)CC2)CC1. The molecule has 7 heteroatoms. The van der Waals surface area contributed by atoms with Gasteiger partial charge < -0.3 is 19.6 Å². The lowest BCUT2D eigenvalue weighted by atomic mass is 10.0. The molecule has 0 spiro atoms. The Morgan fingerprint density at radius 3 is 2.41 bits per heavy atom. The van der Waals surface area contributed by atoms with Gasteiger partial charge in [0.1, 0.15) is 11.4 Å². The third-order valence-corrected chi connectivity index (χ3v) is 6.33. The van der Waals surface area contributed by atoms with Crippen LogP contribution >= 0.6 is 0 Å². The van der Waals surface area contributed by atoms with Crippen molar-refractivity contribution in [3.63, 3.8) is 0 Å². The molecule has 1 saturated carbocycles. The Morgan fingerprint density at radius 2 is 1.69 bits per heavy atom. The first-order valence-electron chi connectivity index (χ1n) is 10.8. The van der Waals surface area contributed by atoms with Crippen molar-refractivity contribution in [2.24, 2.45) is 0 Å². The van der Waals surface area contributed by atoms with Crippen molar-refractivity contribution in [3.8, 4) is 16.9 Å². The van der Waals surface area contributed by atoms with Crippen LogP contribution in [-0.2, 0) is 4.79 Å². The number of aliphatic hydroxyl groups is 1. The fraction of sp³-hybridized carbons (Fsp3) is 0.320. The number of aromatic nitrogens is 1. The van der Waals surface area contributed by atoms with Crippen LogP contribution in [0.5, 0.6) is 5.75 Å². The summed E-state index contributed by atoms with van der Waals surface area (Å²) in [6.07, 6.45) is 2.88. The van der Waals surface area contributed by atoms with Crippen LogP contribution in [0.15, 0.2) is 54.7 Å². The second-order valence-corrected chi connectivity index (χ2v) is 8.45. The fourth-order valence-electron chi connectivity index (χ4n) is 4.19. The average Bonchev–Trinajstić information content (AvgIpc) is 3.61. The summed E-state index contributed by atoms with van der Waals surface area (Å²) in [5.74, 6) is 0.171. The summed E-state index contributed by atoms with van der Waals surface area (Å²) in [5, 5.41) is 11.1. The van der Waals surface area contributed by atoms with Gasteiger partial charge in [-0.05, 0) is 42.7 Å². The van der Waals surface area contributed by atoms with Gasteiger partial charge in [-0.2, -0.15) is 0 Å². The van der Waals surface area contributed by atoms with Crippen LogP contribution < -0.4 is 4.74 Å². The van der Waals surface area contributed by atoms with Crippen LogP contribution in [0.4, 0.5) is 0 Å². The summed E-state index contributed by atoms with van der Waals surface area (Å²) >= 11 is 0. The van der Waals surface area contributed by atoms with E-state index in [0.717, 1.165) is 22.0 Å². The zero-order valence-corrected chi connectivity index (χ0v) is 18.0. The monoisotopic (exact) mass is 431 g/mol. The molecule has 2 amide bonds. The van der Waals surface area contributed by atoms with Crippen molar-refractivity contribution in [2.75, 3.05) is 33.3 Å². The summed E-state index contributed by atoms with van der Waals surface area (Å²) in [5.41, 5.74) is 2.13. The Bertz CT molecular complexity index is 1200. The number of fused-ring (bicyclic) bond motifs is 1. The maximum absolute atomic E-state index is 13.2. The molecule has 2 aliphatic rings. The van der Waals surface area contributed by atoms with Gasteiger partial charge in [0.2, 0.25) is 0 Å². The van der Waals surface area contributed by atoms with E-state index in [0.29, 0.717) is 50.3 Å². The van der Waals surface area contributed by atoms with E-state index in [1.807, 2.05) is 42.6 Å². The molecule has 5 rings (SSSR count). The Labute approximate surface area is 186 Å². The molecule has 32 heavy (non-hydrogen) atoms. The van der Waals surface area contributed by atoms with E-state index < -0.39 is 5.60 Å². The quantitative estimate of drug-likeness (QED) is 0.687. The molecule has 1 aromatic heterocycles. The highest BCUT2D eigenvalue weighted by Crippen LogP contribution is 2.37. The van der Waals surface area contributed by atoms with Crippen molar-refractivity contribution < 1.29 is 19.4 Å². The van der Waals surface area contributed by atoms with Crippen molar-refractivity contribution in [2.45, 2.75) is 18.4 Å². The van der Waals surface area contributed by atoms with E-state index in [2.05, 4.69) is 11.1 Å². The lowest BCUT2D eigenvalue weighted by Crippen LogP contribution is -2.53. The topological polar surface area (TPSA) is 83.0 Å². The summed E-state index contributed by atoms with van der Waals surface area (Å²) < 4.78 is 5.55. The number of hydrogen-bond acceptors (Lipinski definition) is 5. The van der Waals surface area contributed by atoms with Crippen molar-refractivity contribution >= 4 is 22.7 Å². The molecule has 1 aliphatic heterocycles. The first kappa shape index (κ1) is 20.5. The molecule has 1 saturated heterocycles. The standard InChI is InChI=1S/C25H25N3O4/c1-32-22-15-17(19-14-18-4-2-3-5-21(18)26-16-19)6-7-20(22)23(29)27-10-12-28(13-11-27)24(30)25(31)8-9-25/h2-7,14-16,31H,8-13H2,1H3. The molecule has 0 bridgehead atoms. The normalized spacial score (nSPS) is 17.3. The number of piperazine rings is 1. The zero-order chi connectivity index (χ0) is 22.3. The minimum Gasteiger partial charge on any atom is -0.496 e. The second kappa shape index (κ2) is 7.91. The number of benzene rings is 2. The number of amides is 2. The van der Waals surface area contributed by atoms with Gasteiger partial charge in [-0.3, -0.25) is 14.6 Å². The highest BCUT2D eigenvalue weighted by molar-refractivity contribution is 5.98. The van der Waals surface area contributed by atoms with Gasteiger partial charge in [0.15, 0.2) is 0 Å². The third-order valence-electron chi connectivity index (χ3n) is 6.33. The smallest absolute Gasteiger partial charge is 0.257 e. The summed E-state index contributed by atoms with van der Waals surface area (Å²) in [7, 11) is 1.56. The Balaban J connectivity index is 1.33. The number of carbonyl (C=O) groups excluding carboxylic acids is 2. The lowest BCUT2D eigenvalue weighted by molar-refractivity contribution is -0.143. The Kier molecular flexibility index (Phi) is 5.06. The molecule has 3 aromatic rings. The fourth-order valence-corrected chi connectivity index (χ4v) is 4.19. The van der Waals surface area contributed by atoms with E-state index in [1.54, 1.807) is 23.0 Å². The predicted molar refractivity (Wildman–Crippen MR) is 120 cm³/mol.